The van der Waals surface area contributed by atoms with Gasteiger partial charge in [0.1, 0.15) is 11.3 Å². The Labute approximate surface area is 216 Å². The molecule has 2 N–H and O–H groups in total. The van der Waals surface area contributed by atoms with Crippen LogP contribution in [0.15, 0.2) is 42.0 Å². The fourth-order valence-electron chi connectivity index (χ4n) is 4.37. The number of nitrogens with one attached hydrogen (secondary N) is 1. The number of nitrogens with zero attached hydrogens (tertiary/aromatic N) is 1. The maximum absolute atomic E-state index is 13.7. The quantitative estimate of drug-likeness (QED) is 0.454. The molecule has 0 unspecified atom stereocenters. The lowest BCUT2D eigenvalue weighted by molar-refractivity contribution is -0.140. The minimum atomic E-state index is -3.87. The molecule has 8 nitrogen and oxygen atoms in total. The van der Waals surface area contributed by atoms with Gasteiger partial charge in [-0.3, -0.25) is 9.59 Å². The standard InChI is InChI=1S/C27H42N2O6S/c1-17(2)20(16-18(3)25(32)33)29(9)24(31)21(26(4,5)6)28-23(30)22(36(10,34)35)27(7,8)19-14-12-11-13-15-19/h11-17,20-22H,1-10H3,(H,28,30)(H,32,33)/b18-16+/t20-,21-,22-/m1/s1. The third-order valence-corrected chi connectivity index (χ3v) is 8.13. The summed E-state index contributed by atoms with van der Waals surface area (Å²) in [4.78, 5) is 40.1. The lowest BCUT2D eigenvalue weighted by Crippen LogP contribution is -2.60. The molecule has 2 amide bonds. The van der Waals surface area contributed by atoms with Crippen molar-refractivity contribution in [3.8, 4) is 0 Å². The molecule has 1 aromatic carbocycles. The topological polar surface area (TPSA) is 121 Å². The summed E-state index contributed by atoms with van der Waals surface area (Å²) in [5.41, 5.74) is -1.04. The van der Waals surface area contributed by atoms with E-state index in [-0.39, 0.29) is 11.5 Å². The van der Waals surface area contributed by atoms with Gasteiger partial charge in [-0.1, -0.05) is 84.9 Å². The van der Waals surface area contributed by atoms with Crippen LogP contribution >= 0.6 is 0 Å². The van der Waals surface area contributed by atoms with Gasteiger partial charge < -0.3 is 15.3 Å². The van der Waals surface area contributed by atoms with Gasteiger partial charge in [0.25, 0.3) is 0 Å². The van der Waals surface area contributed by atoms with Crippen LogP contribution in [0.5, 0.6) is 0 Å². The van der Waals surface area contributed by atoms with Crippen molar-refractivity contribution in [2.75, 3.05) is 13.3 Å². The van der Waals surface area contributed by atoms with E-state index >= 15 is 0 Å². The number of carbonyl (C=O) groups excluding carboxylic acids is 2. The number of benzene rings is 1. The minimum Gasteiger partial charge on any atom is -0.478 e. The van der Waals surface area contributed by atoms with E-state index in [2.05, 4.69) is 5.32 Å². The molecular weight excluding hydrogens is 480 g/mol. The second-order valence-electron chi connectivity index (χ2n) is 11.4. The van der Waals surface area contributed by atoms with Crippen molar-refractivity contribution in [2.24, 2.45) is 11.3 Å². The van der Waals surface area contributed by atoms with Crippen LogP contribution in [-0.2, 0) is 29.6 Å². The zero-order chi connectivity index (χ0) is 28.2. The highest BCUT2D eigenvalue weighted by Crippen LogP contribution is 2.32. The molecule has 1 aromatic rings. The number of aliphatic carboxylic acids is 1. The van der Waals surface area contributed by atoms with Gasteiger partial charge in [0, 0.05) is 24.3 Å². The number of rotatable bonds is 10. The number of hydrogen-bond donors (Lipinski definition) is 2. The maximum atomic E-state index is 13.7. The number of carbonyl (C=O) groups is 3. The van der Waals surface area contributed by atoms with Crippen LogP contribution < -0.4 is 5.32 Å². The second-order valence-corrected chi connectivity index (χ2v) is 13.6. The molecule has 36 heavy (non-hydrogen) atoms. The van der Waals surface area contributed by atoms with Gasteiger partial charge in [-0.15, -0.1) is 0 Å². The first-order valence-corrected chi connectivity index (χ1v) is 13.9. The molecule has 0 radical (unpaired) electrons. The second kappa shape index (κ2) is 11.6. The Kier molecular flexibility index (Phi) is 10.1. The highest BCUT2D eigenvalue weighted by atomic mass is 32.2. The summed E-state index contributed by atoms with van der Waals surface area (Å²) in [6, 6.07) is 7.33. The summed E-state index contributed by atoms with van der Waals surface area (Å²) < 4.78 is 25.8. The number of hydrogen-bond acceptors (Lipinski definition) is 5. The van der Waals surface area contributed by atoms with E-state index in [9.17, 15) is 27.9 Å². The molecule has 0 fully saturated rings. The van der Waals surface area contributed by atoms with E-state index in [1.807, 2.05) is 19.9 Å². The maximum Gasteiger partial charge on any atom is 0.331 e. The number of likely N-dealkylation sites (N-methyl/N-ethyl adjacent to an activating group) is 1. The zero-order valence-electron chi connectivity index (χ0n) is 23.1. The number of amides is 2. The first kappa shape index (κ1) is 31.4. The molecule has 0 saturated heterocycles. The third-order valence-electron chi connectivity index (χ3n) is 6.48. The lowest BCUT2D eigenvalue weighted by Gasteiger charge is -2.39. The van der Waals surface area contributed by atoms with Gasteiger partial charge >= 0.3 is 5.97 Å². The van der Waals surface area contributed by atoms with Gasteiger partial charge in [-0.25, -0.2) is 13.2 Å². The van der Waals surface area contributed by atoms with Crippen LogP contribution in [0.2, 0.25) is 0 Å². The van der Waals surface area contributed by atoms with Crippen molar-refractivity contribution < 1.29 is 27.9 Å². The van der Waals surface area contributed by atoms with E-state index in [4.69, 9.17) is 0 Å². The Morgan fingerprint density at radius 2 is 1.53 bits per heavy atom. The SMILES string of the molecule is C/C(=C\[C@H](C(C)C)N(C)C(=O)[C@@H](NC(=O)[C@H](C(C)(C)c1ccccc1)S(C)(=O)=O)C(C)(C)C)C(=O)O. The van der Waals surface area contributed by atoms with E-state index < -0.39 is 55.8 Å². The predicted octanol–water partition coefficient (Wildman–Crippen LogP) is 3.42. The fourth-order valence-corrected chi connectivity index (χ4v) is 6.04. The largest absolute Gasteiger partial charge is 0.478 e. The minimum absolute atomic E-state index is 0.103. The third kappa shape index (κ3) is 7.66. The van der Waals surface area contributed by atoms with E-state index in [0.29, 0.717) is 5.56 Å². The highest BCUT2D eigenvalue weighted by molar-refractivity contribution is 7.92. The first-order chi connectivity index (χ1) is 16.2. The molecule has 0 aliphatic carbocycles. The average Bonchev–Trinajstić information content (AvgIpc) is 2.73. The molecule has 0 aliphatic heterocycles. The summed E-state index contributed by atoms with van der Waals surface area (Å²) in [5.74, 6) is -2.38. The van der Waals surface area contributed by atoms with Gasteiger partial charge in [0.15, 0.2) is 9.84 Å². The molecule has 0 aliphatic rings. The van der Waals surface area contributed by atoms with Crippen molar-refractivity contribution in [2.45, 2.75) is 78.1 Å². The number of carboxylic acids is 1. The van der Waals surface area contributed by atoms with Gasteiger partial charge in [0.05, 0.1) is 6.04 Å². The number of sulfone groups is 1. The van der Waals surface area contributed by atoms with E-state index in [1.165, 1.54) is 17.9 Å². The van der Waals surface area contributed by atoms with E-state index in [1.54, 1.807) is 65.9 Å². The van der Waals surface area contributed by atoms with Crippen molar-refractivity contribution in [3.63, 3.8) is 0 Å². The molecular formula is C27H42N2O6S. The van der Waals surface area contributed by atoms with E-state index in [0.717, 1.165) is 6.26 Å². The molecule has 9 heteroatoms. The fraction of sp³-hybridized carbons (Fsp3) is 0.593. The van der Waals surface area contributed by atoms with Crippen molar-refractivity contribution in [3.05, 3.63) is 47.5 Å². The Morgan fingerprint density at radius 1 is 1.03 bits per heavy atom. The summed E-state index contributed by atoms with van der Waals surface area (Å²) in [7, 11) is -2.31. The van der Waals surface area contributed by atoms with Gasteiger partial charge in [-0.05, 0) is 23.8 Å². The predicted molar refractivity (Wildman–Crippen MR) is 142 cm³/mol. The van der Waals surface area contributed by atoms with Crippen LogP contribution in [0.3, 0.4) is 0 Å². The molecule has 0 spiro atoms. The summed E-state index contributed by atoms with van der Waals surface area (Å²) in [6.07, 6.45) is 2.54. The van der Waals surface area contributed by atoms with Crippen molar-refractivity contribution >= 4 is 27.6 Å². The van der Waals surface area contributed by atoms with Crippen LogP contribution in [0, 0.1) is 11.3 Å². The summed E-state index contributed by atoms with van der Waals surface area (Å²) >= 11 is 0. The van der Waals surface area contributed by atoms with Gasteiger partial charge in [0.2, 0.25) is 11.8 Å². The zero-order valence-corrected chi connectivity index (χ0v) is 23.9. The highest BCUT2D eigenvalue weighted by Gasteiger charge is 2.46. The lowest BCUT2D eigenvalue weighted by atomic mass is 9.80. The van der Waals surface area contributed by atoms with Crippen molar-refractivity contribution in [1.82, 2.24) is 10.2 Å². The molecule has 0 aromatic heterocycles. The summed E-state index contributed by atoms with van der Waals surface area (Å²) in [5, 5.41) is 10.6. The monoisotopic (exact) mass is 522 g/mol. The van der Waals surface area contributed by atoms with Crippen LogP contribution in [0.25, 0.3) is 0 Å². The Morgan fingerprint density at radius 3 is 1.92 bits per heavy atom. The molecule has 0 heterocycles. The Balaban J connectivity index is 3.47. The Hall–Kier alpha value is -2.68. The van der Waals surface area contributed by atoms with Crippen LogP contribution in [-0.4, -0.2) is 66.8 Å². The van der Waals surface area contributed by atoms with Crippen LogP contribution in [0.4, 0.5) is 0 Å². The van der Waals surface area contributed by atoms with Crippen LogP contribution in [0.1, 0.15) is 61.0 Å². The molecule has 3 atom stereocenters. The van der Waals surface area contributed by atoms with Gasteiger partial charge in [-0.2, -0.15) is 0 Å². The Bertz CT molecular complexity index is 1090. The molecule has 1 rings (SSSR count). The normalized spacial score (nSPS) is 15.7. The molecule has 202 valence electrons. The first-order valence-electron chi connectivity index (χ1n) is 12.0. The average molecular weight is 523 g/mol. The molecule has 0 saturated carbocycles. The smallest absolute Gasteiger partial charge is 0.331 e. The summed E-state index contributed by atoms with van der Waals surface area (Å²) in [6.45, 7) is 13.9. The number of carboxylic acid groups (broad SMARTS) is 1. The molecule has 0 bridgehead atoms. The van der Waals surface area contributed by atoms with Crippen molar-refractivity contribution in [1.29, 1.82) is 0 Å².